The zero-order valence-corrected chi connectivity index (χ0v) is 12.9. The summed E-state index contributed by atoms with van der Waals surface area (Å²) in [5.41, 5.74) is 12.0. The highest BCUT2D eigenvalue weighted by molar-refractivity contribution is 5.85. The average Bonchev–Trinajstić information content (AvgIpc) is 3.14. The first-order valence-corrected chi connectivity index (χ1v) is 7.91. The second-order valence-electron chi connectivity index (χ2n) is 6.15. The van der Waals surface area contributed by atoms with Gasteiger partial charge in [-0.1, -0.05) is 0 Å². The average molecular weight is 321 g/mol. The third kappa shape index (κ3) is 2.79. The van der Waals surface area contributed by atoms with Gasteiger partial charge in [0.2, 0.25) is 5.91 Å². The Morgan fingerprint density at radius 3 is 2.78 bits per heavy atom. The molecule has 1 aromatic heterocycles. The van der Waals surface area contributed by atoms with E-state index in [-0.39, 0.29) is 12.6 Å². The molecule has 0 aromatic carbocycles. The maximum Gasteiger partial charge on any atom is 0.242 e. The van der Waals surface area contributed by atoms with Gasteiger partial charge in [0.15, 0.2) is 5.82 Å². The highest BCUT2D eigenvalue weighted by Gasteiger charge is 2.38. The van der Waals surface area contributed by atoms with E-state index in [4.69, 9.17) is 11.5 Å². The molecule has 3 heterocycles. The van der Waals surface area contributed by atoms with Crippen LogP contribution in [0.4, 0.5) is 17.3 Å². The number of rotatable bonds is 4. The second-order valence-corrected chi connectivity index (χ2v) is 6.15. The Kier molecular flexibility index (Phi) is 4.27. The Balaban J connectivity index is 1.93. The molecule has 126 valence electrons. The fourth-order valence-electron chi connectivity index (χ4n) is 3.52. The van der Waals surface area contributed by atoms with Gasteiger partial charge in [-0.25, -0.2) is 4.98 Å². The van der Waals surface area contributed by atoms with Crippen LogP contribution in [0.1, 0.15) is 19.3 Å². The highest BCUT2D eigenvalue weighted by Crippen LogP contribution is 2.32. The Morgan fingerprint density at radius 1 is 1.30 bits per heavy atom. The topological polar surface area (TPSA) is 129 Å². The summed E-state index contributed by atoms with van der Waals surface area (Å²) < 4.78 is 0. The van der Waals surface area contributed by atoms with Crippen LogP contribution in [0.5, 0.6) is 0 Å². The predicted molar refractivity (Wildman–Crippen MR) is 87.1 cm³/mol. The maximum atomic E-state index is 11.6. The van der Waals surface area contributed by atoms with Crippen molar-refractivity contribution in [3.63, 3.8) is 0 Å². The molecular weight excluding hydrogens is 298 g/mol. The van der Waals surface area contributed by atoms with Gasteiger partial charge in [0.25, 0.3) is 0 Å². The van der Waals surface area contributed by atoms with Crippen molar-refractivity contribution in [2.75, 3.05) is 35.2 Å². The number of nitrogen functional groups attached to an aromatic ring is 1. The maximum absolute atomic E-state index is 11.6. The fraction of sp³-hybridized carbons (Fsp3) is 0.600. The molecule has 0 bridgehead atoms. The summed E-state index contributed by atoms with van der Waals surface area (Å²) in [6, 6.07) is 2.71. The molecule has 3 atom stereocenters. The minimum atomic E-state index is -0.785. The molecule has 1 amide bonds. The van der Waals surface area contributed by atoms with Crippen LogP contribution in [0.3, 0.4) is 0 Å². The van der Waals surface area contributed by atoms with E-state index < -0.39 is 18.1 Å². The Hall–Kier alpha value is -2.06. The molecule has 2 fully saturated rings. The third-order valence-electron chi connectivity index (χ3n) is 4.70. The number of hydrogen-bond acceptors (Lipinski definition) is 7. The van der Waals surface area contributed by atoms with E-state index >= 15 is 0 Å². The number of nitrogens with zero attached hydrogens (tertiary/aromatic N) is 3. The van der Waals surface area contributed by atoms with E-state index in [1.165, 1.54) is 0 Å². The first-order valence-electron chi connectivity index (χ1n) is 7.91. The molecule has 8 heteroatoms. The van der Waals surface area contributed by atoms with Crippen molar-refractivity contribution in [1.29, 1.82) is 0 Å². The van der Waals surface area contributed by atoms with Gasteiger partial charge >= 0.3 is 0 Å². The standard InChI is InChI=1S/C15H23N5O3/c16-10-3-4-12(20-7-5-11(22)13(20)14(17)23)18-15(10)19-6-1-2-9(19)8-21/h3-4,9,11,13,21-22H,1-2,5-8,16H2,(H2,17,23). The minimum Gasteiger partial charge on any atom is -0.396 e. The smallest absolute Gasteiger partial charge is 0.242 e. The third-order valence-corrected chi connectivity index (χ3v) is 4.70. The van der Waals surface area contributed by atoms with E-state index in [2.05, 4.69) is 4.98 Å². The fourth-order valence-corrected chi connectivity index (χ4v) is 3.52. The molecule has 0 radical (unpaired) electrons. The van der Waals surface area contributed by atoms with Crippen molar-refractivity contribution in [3.8, 4) is 0 Å². The molecule has 0 aliphatic carbocycles. The summed E-state index contributed by atoms with van der Waals surface area (Å²) >= 11 is 0. The number of aliphatic hydroxyl groups excluding tert-OH is 2. The summed E-state index contributed by atoms with van der Waals surface area (Å²) in [5.74, 6) is 0.617. The number of aliphatic hydroxyl groups is 2. The van der Waals surface area contributed by atoms with Crippen molar-refractivity contribution in [2.45, 2.75) is 37.5 Å². The SMILES string of the molecule is NC(=O)C1C(O)CCN1c1ccc(N)c(N2CCCC2CO)n1. The molecule has 2 aliphatic rings. The number of carbonyl (C=O) groups is 1. The van der Waals surface area contributed by atoms with E-state index in [9.17, 15) is 15.0 Å². The van der Waals surface area contributed by atoms with Crippen LogP contribution < -0.4 is 21.3 Å². The monoisotopic (exact) mass is 321 g/mol. The Morgan fingerprint density at radius 2 is 2.09 bits per heavy atom. The molecule has 23 heavy (non-hydrogen) atoms. The van der Waals surface area contributed by atoms with Crippen LogP contribution >= 0.6 is 0 Å². The van der Waals surface area contributed by atoms with Crippen molar-refractivity contribution in [2.24, 2.45) is 5.73 Å². The summed E-state index contributed by atoms with van der Waals surface area (Å²) in [6.07, 6.45) is 1.56. The Bertz CT molecular complexity index is 596. The second kappa shape index (κ2) is 6.21. The molecule has 3 unspecified atom stereocenters. The van der Waals surface area contributed by atoms with Gasteiger partial charge in [0.05, 0.1) is 24.4 Å². The van der Waals surface area contributed by atoms with E-state index in [0.29, 0.717) is 30.3 Å². The predicted octanol–water partition coefficient (Wildman–Crippen LogP) is -0.950. The van der Waals surface area contributed by atoms with E-state index in [1.54, 1.807) is 17.0 Å². The number of pyridine rings is 1. The van der Waals surface area contributed by atoms with Crippen molar-refractivity contribution in [1.82, 2.24) is 4.98 Å². The van der Waals surface area contributed by atoms with Gasteiger partial charge in [0, 0.05) is 13.1 Å². The zero-order valence-electron chi connectivity index (χ0n) is 12.9. The highest BCUT2D eigenvalue weighted by atomic mass is 16.3. The zero-order chi connectivity index (χ0) is 16.6. The van der Waals surface area contributed by atoms with Crippen LogP contribution in [-0.2, 0) is 4.79 Å². The first-order chi connectivity index (χ1) is 11.0. The van der Waals surface area contributed by atoms with Gasteiger partial charge in [-0.15, -0.1) is 0 Å². The largest absolute Gasteiger partial charge is 0.396 e. The normalized spacial score (nSPS) is 27.7. The molecule has 1 aromatic rings. The van der Waals surface area contributed by atoms with Gasteiger partial charge in [0.1, 0.15) is 11.9 Å². The molecule has 2 aliphatic heterocycles. The number of hydrogen-bond donors (Lipinski definition) is 4. The van der Waals surface area contributed by atoms with Crippen molar-refractivity contribution < 1.29 is 15.0 Å². The minimum absolute atomic E-state index is 0.0103. The lowest BCUT2D eigenvalue weighted by atomic mass is 10.1. The molecule has 6 N–H and O–H groups in total. The number of primary amides is 1. The number of aromatic nitrogens is 1. The van der Waals surface area contributed by atoms with Crippen LogP contribution in [0.2, 0.25) is 0 Å². The van der Waals surface area contributed by atoms with E-state index in [1.807, 2.05) is 4.90 Å². The summed E-state index contributed by atoms with van der Waals surface area (Å²) in [4.78, 5) is 20.0. The van der Waals surface area contributed by atoms with Gasteiger partial charge < -0.3 is 31.5 Å². The summed E-state index contributed by atoms with van der Waals surface area (Å²) in [5, 5.41) is 19.5. The molecule has 0 spiro atoms. The van der Waals surface area contributed by atoms with Crippen LogP contribution in [0.25, 0.3) is 0 Å². The lowest BCUT2D eigenvalue weighted by molar-refractivity contribution is -0.120. The molecule has 3 rings (SSSR count). The lowest BCUT2D eigenvalue weighted by Gasteiger charge is -2.29. The first kappa shape index (κ1) is 15.8. The van der Waals surface area contributed by atoms with Crippen LogP contribution in [-0.4, -0.2) is 59.0 Å². The molecular formula is C15H23N5O3. The number of carbonyl (C=O) groups excluding carboxylic acids is 1. The van der Waals surface area contributed by atoms with Crippen molar-refractivity contribution in [3.05, 3.63) is 12.1 Å². The van der Waals surface area contributed by atoms with Crippen LogP contribution in [0, 0.1) is 0 Å². The van der Waals surface area contributed by atoms with Gasteiger partial charge in [-0.2, -0.15) is 0 Å². The molecule has 2 saturated heterocycles. The molecule has 0 saturated carbocycles. The van der Waals surface area contributed by atoms with Crippen LogP contribution in [0.15, 0.2) is 12.1 Å². The van der Waals surface area contributed by atoms with Crippen molar-refractivity contribution >= 4 is 23.2 Å². The van der Waals surface area contributed by atoms with E-state index in [0.717, 1.165) is 19.4 Å². The Labute approximate surface area is 134 Å². The number of nitrogens with two attached hydrogens (primary N) is 2. The van der Waals surface area contributed by atoms with Gasteiger partial charge in [-0.05, 0) is 31.4 Å². The summed E-state index contributed by atoms with van der Waals surface area (Å²) in [6.45, 7) is 1.35. The summed E-state index contributed by atoms with van der Waals surface area (Å²) in [7, 11) is 0. The lowest BCUT2D eigenvalue weighted by Crippen LogP contribution is -2.46. The quantitative estimate of drug-likeness (QED) is 0.562. The molecule has 8 nitrogen and oxygen atoms in total. The number of amides is 1. The van der Waals surface area contributed by atoms with Gasteiger partial charge in [-0.3, -0.25) is 4.79 Å². The number of anilines is 3.